The van der Waals surface area contributed by atoms with Gasteiger partial charge in [-0.15, -0.1) is 0 Å². The number of piperidine rings is 1. The molecule has 0 radical (unpaired) electrons. The van der Waals surface area contributed by atoms with Crippen LogP contribution < -0.4 is 5.32 Å². The molecule has 1 aromatic carbocycles. The van der Waals surface area contributed by atoms with Crippen molar-refractivity contribution >= 4 is 0 Å². The Labute approximate surface area is 107 Å². The molecule has 1 fully saturated rings. The lowest BCUT2D eigenvalue weighted by molar-refractivity contribution is 0.237. The predicted molar refractivity (Wildman–Crippen MR) is 68.3 cm³/mol. The fraction of sp³-hybridized carbons (Fsp3) is 0.571. The topological polar surface area (TPSA) is 15.3 Å². The Bertz CT molecular complexity index is 389. The number of hydrogen-bond acceptors (Lipinski definition) is 2. The standard InChI is InChI=1S/C14H20F2N2/c1-18(10-12-3-2-6-17-8-12)9-11-4-5-13(15)14(16)7-11/h4-5,7,12,17H,2-3,6,8-10H2,1H3. The fourth-order valence-corrected chi connectivity index (χ4v) is 2.53. The van der Waals surface area contributed by atoms with Crippen molar-refractivity contribution in [2.75, 3.05) is 26.7 Å². The summed E-state index contributed by atoms with van der Waals surface area (Å²) in [5.41, 5.74) is 0.820. The van der Waals surface area contributed by atoms with E-state index in [4.69, 9.17) is 0 Å². The summed E-state index contributed by atoms with van der Waals surface area (Å²) in [7, 11) is 2.02. The average molecular weight is 254 g/mol. The first kappa shape index (κ1) is 13.4. The Kier molecular flexibility index (Phi) is 4.66. The first-order chi connectivity index (χ1) is 8.65. The summed E-state index contributed by atoms with van der Waals surface area (Å²) >= 11 is 0. The lowest BCUT2D eigenvalue weighted by Crippen LogP contribution is -2.36. The summed E-state index contributed by atoms with van der Waals surface area (Å²) in [5, 5.41) is 3.38. The molecule has 0 bridgehead atoms. The fourth-order valence-electron chi connectivity index (χ4n) is 2.53. The minimum Gasteiger partial charge on any atom is -0.316 e. The van der Waals surface area contributed by atoms with E-state index in [-0.39, 0.29) is 0 Å². The maximum atomic E-state index is 13.1. The van der Waals surface area contributed by atoms with E-state index in [1.54, 1.807) is 6.07 Å². The van der Waals surface area contributed by atoms with Gasteiger partial charge in [-0.25, -0.2) is 8.78 Å². The van der Waals surface area contributed by atoms with Gasteiger partial charge < -0.3 is 10.2 Å². The summed E-state index contributed by atoms with van der Waals surface area (Å²) in [4.78, 5) is 2.17. The zero-order valence-corrected chi connectivity index (χ0v) is 10.8. The van der Waals surface area contributed by atoms with E-state index < -0.39 is 11.6 Å². The van der Waals surface area contributed by atoms with Gasteiger partial charge in [0.25, 0.3) is 0 Å². The maximum Gasteiger partial charge on any atom is 0.159 e. The highest BCUT2D eigenvalue weighted by atomic mass is 19.2. The molecule has 4 heteroatoms. The van der Waals surface area contributed by atoms with Crippen molar-refractivity contribution in [3.63, 3.8) is 0 Å². The predicted octanol–water partition coefficient (Wildman–Crippen LogP) is 2.40. The number of benzene rings is 1. The molecule has 0 amide bonds. The van der Waals surface area contributed by atoms with Crippen molar-refractivity contribution < 1.29 is 8.78 Å². The quantitative estimate of drug-likeness (QED) is 0.887. The normalized spacial score (nSPS) is 20.3. The summed E-state index contributed by atoms with van der Waals surface area (Å²) < 4.78 is 25.9. The lowest BCUT2D eigenvalue weighted by Gasteiger charge is -2.27. The third kappa shape index (κ3) is 3.75. The van der Waals surface area contributed by atoms with Gasteiger partial charge in [-0.3, -0.25) is 0 Å². The van der Waals surface area contributed by atoms with Gasteiger partial charge in [0.15, 0.2) is 11.6 Å². The van der Waals surface area contributed by atoms with Gasteiger partial charge in [-0.2, -0.15) is 0 Å². The molecule has 100 valence electrons. The van der Waals surface area contributed by atoms with Crippen LogP contribution in [0.4, 0.5) is 8.78 Å². The molecule has 0 saturated carbocycles. The van der Waals surface area contributed by atoms with E-state index in [1.807, 2.05) is 7.05 Å². The number of nitrogens with zero attached hydrogens (tertiary/aromatic N) is 1. The van der Waals surface area contributed by atoms with Crippen LogP contribution in [0.3, 0.4) is 0 Å². The lowest BCUT2D eigenvalue weighted by atomic mass is 9.99. The zero-order chi connectivity index (χ0) is 13.0. The molecule has 1 aliphatic rings. The summed E-state index contributed by atoms with van der Waals surface area (Å²) in [6.07, 6.45) is 2.47. The molecule has 1 N–H and O–H groups in total. The third-order valence-corrected chi connectivity index (χ3v) is 3.41. The van der Waals surface area contributed by atoms with Crippen molar-refractivity contribution in [1.29, 1.82) is 0 Å². The smallest absolute Gasteiger partial charge is 0.159 e. The molecular formula is C14H20F2N2. The van der Waals surface area contributed by atoms with Crippen LogP contribution in [0, 0.1) is 17.6 Å². The van der Waals surface area contributed by atoms with Crippen LogP contribution in [0.2, 0.25) is 0 Å². The van der Waals surface area contributed by atoms with Gasteiger partial charge in [-0.1, -0.05) is 6.07 Å². The summed E-state index contributed by atoms with van der Waals surface area (Å²) in [6.45, 7) is 3.82. The van der Waals surface area contributed by atoms with Crippen molar-refractivity contribution in [2.24, 2.45) is 5.92 Å². The number of rotatable bonds is 4. The second kappa shape index (κ2) is 6.25. The Morgan fingerprint density at radius 3 is 2.83 bits per heavy atom. The van der Waals surface area contributed by atoms with Crippen molar-refractivity contribution in [1.82, 2.24) is 10.2 Å². The molecule has 1 heterocycles. The molecule has 18 heavy (non-hydrogen) atoms. The molecule has 0 spiro atoms. The number of nitrogens with one attached hydrogen (secondary N) is 1. The molecule has 1 saturated heterocycles. The van der Waals surface area contributed by atoms with E-state index in [0.29, 0.717) is 12.5 Å². The van der Waals surface area contributed by atoms with Crippen LogP contribution in [0.15, 0.2) is 18.2 Å². The Balaban J connectivity index is 1.85. The molecule has 2 rings (SSSR count). The van der Waals surface area contributed by atoms with E-state index in [0.717, 1.165) is 25.2 Å². The Morgan fingerprint density at radius 2 is 2.17 bits per heavy atom. The molecule has 1 aliphatic heterocycles. The van der Waals surface area contributed by atoms with Crippen molar-refractivity contribution in [3.8, 4) is 0 Å². The van der Waals surface area contributed by atoms with Crippen LogP contribution in [0.25, 0.3) is 0 Å². The van der Waals surface area contributed by atoms with E-state index in [2.05, 4.69) is 10.2 Å². The summed E-state index contributed by atoms with van der Waals surface area (Å²) in [5.74, 6) is -0.882. The van der Waals surface area contributed by atoms with Crippen molar-refractivity contribution in [3.05, 3.63) is 35.4 Å². The maximum absolute atomic E-state index is 13.1. The van der Waals surface area contributed by atoms with Crippen LogP contribution >= 0.6 is 0 Å². The molecular weight excluding hydrogens is 234 g/mol. The first-order valence-electron chi connectivity index (χ1n) is 6.48. The summed E-state index contributed by atoms with van der Waals surface area (Å²) in [6, 6.07) is 4.12. The molecule has 1 aromatic rings. The SMILES string of the molecule is CN(Cc1ccc(F)c(F)c1)CC1CCCNC1. The van der Waals surface area contributed by atoms with Gasteiger partial charge in [-0.05, 0) is 56.6 Å². The highest BCUT2D eigenvalue weighted by Gasteiger charge is 2.15. The van der Waals surface area contributed by atoms with E-state index in [9.17, 15) is 8.78 Å². The van der Waals surface area contributed by atoms with Crippen LogP contribution in [-0.2, 0) is 6.54 Å². The number of hydrogen-bond donors (Lipinski definition) is 1. The van der Waals surface area contributed by atoms with E-state index in [1.165, 1.54) is 25.0 Å². The highest BCUT2D eigenvalue weighted by Crippen LogP contribution is 2.14. The molecule has 2 nitrogen and oxygen atoms in total. The van der Waals surface area contributed by atoms with Crippen LogP contribution in [0.1, 0.15) is 18.4 Å². The van der Waals surface area contributed by atoms with Gasteiger partial charge in [0.1, 0.15) is 0 Å². The van der Waals surface area contributed by atoms with Gasteiger partial charge in [0, 0.05) is 13.1 Å². The second-order valence-corrected chi connectivity index (χ2v) is 5.16. The van der Waals surface area contributed by atoms with E-state index >= 15 is 0 Å². The second-order valence-electron chi connectivity index (χ2n) is 5.16. The third-order valence-electron chi connectivity index (χ3n) is 3.41. The Hall–Kier alpha value is -1.00. The van der Waals surface area contributed by atoms with Gasteiger partial charge in [0.2, 0.25) is 0 Å². The van der Waals surface area contributed by atoms with Crippen molar-refractivity contribution in [2.45, 2.75) is 19.4 Å². The largest absolute Gasteiger partial charge is 0.316 e. The molecule has 1 unspecified atom stereocenters. The zero-order valence-electron chi connectivity index (χ0n) is 10.8. The minimum atomic E-state index is -0.780. The van der Waals surface area contributed by atoms with Crippen LogP contribution in [-0.4, -0.2) is 31.6 Å². The monoisotopic (exact) mass is 254 g/mol. The molecule has 0 aromatic heterocycles. The molecule has 0 aliphatic carbocycles. The van der Waals surface area contributed by atoms with Crippen LogP contribution in [0.5, 0.6) is 0 Å². The Morgan fingerprint density at radius 1 is 1.33 bits per heavy atom. The van der Waals surface area contributed by atoms with Gasteiger partial charge >= 0.3 is 0 Å². The molecule has 1 atom stereocenters. The van der Waals surface area contributed by atoms with Gasteiger partial charge in [0.05, 0.1) is 0 Å². The highest BCUT2D eigenvalue weighted by molar-refractivity contribution is 5.17. The minimum absolute atomic E-state index is 0.660. The average Bonchev–Trinajstić information content (AvgIpc) is 2.35. The first-order valence-corrected chi connectivity index (χ1v) is 6.48. The number of halogens is 2.